The van der Waals surface area contributed by atoms with Crippen LogP contribution in [0.5, 0.6) is 0 Å². The first-order valence-electron chi connectivity index (χ1n) is 5.98. The number of benzene rings is 1. The Labute approximate surface area is 116 Å². The van der Waals surface area contributed by atoms with Crippen molar-refractivity contribution in [3.05, 3.63) is 39.5 Å². The SMILES string of the molecule is CNCc1c(Br)c(-c2ccc(C)cc2C)nn1C. The molecule has 1 aromatic carbocycles. The topological polar surface area (TPSA) is 29.9 Å². The molecule has 2 rings (SSSR count). The number of nitrogens with one attached hydrogen (secondary N) is 1. The van der Waals surface area contributed by atoms with E-state index in [9.17, 15) is 0 Å². The molecule has 1 N–H and O–H groups in total. The van der Waals surface area contributed by atoms with Gasteiger partial charge in [0.05, 0.1) is 10.2 Å². The fourth-order valence-electron chi connectivity index (χ4n) is 2.14. The van der Waals surface area contributed by atoms with Gasteiger partial charge in [-0.2, -0.15) is 5.10 Å². The normalized spacial score (nSPS) is 10.9. The molecule has 0 radical (unpaired) electrons. The first-order chi connectivity index (χ1) is 8.54. The van der Waals surface area contributed by atoms with Crippen LogP contribution >= 0.6 is 15.9 Å². The molecule has 0 saturated heterocycles. The third-order valence-corrected chi connectivity index (χ3v) is 3.92. The van der Waals surface area contributed by atoms with E-state index in [1.165, 1.54) is 16.7 Å². The van der Waals surface area contributed by atoms with E-state index in [1.54, 1.807) is 0 Å². The maximum atomic E-state index is 4.62. The second kappa shape index (κ2) is 5.24. The van der Waals surface area contributed by atoms with Gasteiger partial charge in [-0.1, -0.05) is 23.8 Å². The highest BCUT2D eigenvalue weighted by Crippen LogP contribution is 2.32. The monoisotopic (exact) mass is 307 g/mol. The van der Waals surface area contributed by atoms with Gasteiger partial charge in [0.25, 0.3) is 0 Å². The van der Waals surface area contributed by atoms with Crippen molar-refractivity contribution in [2.45, 2.75) is 20.4 Å². The lowest BCUT2D eigenvalue weighted by molar-refractivity contribution is 0.671. The van der Waals surface area contributed by atoms with Crippen molar-refractivity contribution in [2.24, 2.45) is 7.05 Å². The van der Waals surface area contributed by atoms with E-state index in [-0.39, 0.29) is 0 Å². The maximum Gasteiger partial charge on any atom is 0.107 e. The first kappa shape index (κ1) is 13.3. The van der Waals surface area contributed by atoms with Gasteiger partial charge >= 0.3 is 0 Å². The predicted molar refractivity (Wildman–Crippen MR) is 78.6 cm³/mol. The van der Waals surface area contributed by atoms with Crippen molar-refractivity contribution < 1.29 is 0 Å². The summed E-state index contributed by atoms with van der Waals surface area (Å²) >= 11 is 3.67. The summed E-state index contributed by atoms with van der Waals surface area (Å²) in [5, 5.41) is 7.78. The number of hydrogen-bond acceptors (Lipinski definition) is 2. The molecular formula is C14H18BrN3. The molecule has 1 heterocycles. The van der Waals surface area contributed by atoms with Gasteiger partial charge in [0.2, 0.25) is 0 Å². The van der Waals surface area contributed by atoms with Crippen LogP contribution in [0, 0.1) is 13.8 Å². The number of halogens is 1. The Kier molecular flexibility index (Phi) is 3.88. The molecule has 0 saturated carbocycles. The number of nitrogens with zero attached hydrogens (tertiary/aromatic N) is 2. The molecule has 0 atom stereocenters. The summed E-state index contributed by atoms with van der Waals surface area (Å²) in [5.74, 6) is 0. The van der Waals surface area contributed by atoms with Crippen LogP contribution in [0.4, 0.5) is 0 Å². The van der Waals surface area contributed by atoms with Crippen molar-refractivity contribution in [3.8, 4) is 11.3 Å². The van der Waals surface area contributed by atoms with E-state index in [0.29, 0.717) is 0 Å². The quantitative estimate of drug-likeness (QED) is 0.944. The Hall–Kier alpha value is -1.13. The minimum absolute atomic E-state index is 0.801. The Morgan fingerprint density at radius 2 is 2.06 bits per heavy atom. The zero-order valence-corrected chi connectivity index (χ0v) is 12.8. The summed E-state index contributed by atoms with van der Waals surface area (Å²) in [6.45, 7) is 5.03. The minimum atomic E-state index is 0.801. The van der Waals surface area contributed by atoms with Crippen LogP contribution in [0.2, 0.25) is 0 Å². The minimum Gasteiger partial charge on any atom is -0.314 e. The third-order valence-electron chi connectivity index (χ3n) is 3.08. The number of aromatic nitrogens is 2. The molecule has 3 nitrogen and oxygen atoms in total. The fourth-order valence-corrected chi connectivity index (χ4v) is 2.83. The van der Waals surface area contributed by atoms with Crippen molar-refractivity contribution in [1.82, 2.24) is 15.1 Å². The second-order valence-corrected chi connectivity index (χ2v) is 5.37. The van der Waals surface area contributed by atoms with Gasteiger partial charge in [-0.3, -0.25) is 4.68 Å². The molecule has 1 aromatic heterocycles. The van der Waals surface area contributed by atoms with Gasteiger partial charge < -0.3 is 5.32 Å². The van der Waals surface area contributed by atoms with E-state index >= 15 is 0 Å². The van der Waals surface area contributed by atoms with E-state index in [2.05, 4.69) is 58.4 Å². The molecule has 0 aliphatic heterocycles. The van der Waals surface area contributed by atoms with Crippen LogP contribution in [0.15, 0.2) is 22.7 Å². The largest absolute Gasteiger partial charge is 0.314 e. The molecular weight excluding hydrogens is 290 g/mol. The molecule has 2 aromatic rings. The zero-order valence-electron chi connectivity index (χ0n) is 11.2. The van der Waals surface area contributed by atoms with Gasteiger partial charge in [-0.25, -0.2) is 0 Å². The zero-order chi connectivity index (χ0) is 13.3. The Bertz CT molecular complexity index is 573. The van der Waals surface area contributed by atoms with Crippen LogP contribution in [0.25, 0.3) is 11.3 Å². The van der Waals surface area contributed by atoms with Gasteiger partial charge in [-0.15, -0.1) is 0 Å². The number of aryl methyl sites for hydroxylation is 3. The Balaban J connectivity index is 2.54. The smallest absolute Gasteiger partial charge is 0.107 e. The highest BCUT2D eigenvalue weighted by Gasteiger charge is 2.16. The van der Waals surface area contributed by atoms with Crippen molar-refractivity contribution in [3.63, 3.8) is 0 Å². The molecule has 0 bridgehead atoms. The van der Waals surface area contributed by atoms with Crippen molar-refractivity contribution in [2.75, 3.05) is 7.05 Å². The molecule has 0 fully saturated rings. The van der Waals surface area contributed by atoms with Gasteiger partial charge in [-0.05, 0) is 42.4 Å². The highest BCUT2D eigenvalue weighted by atomic mass is 79.9. The molecule has 96 valence electrons. The lowest BCUT2D eigenvalue weighted by Gasteiger charge is -2.04. The summed E-state index contributed by atoms with van der Waals surface area (Å²) in [6, 6.07) is 6.45. The van der Waals surface area contributed by atoms with Crippen LogP contribution in [-0.4, -0.2) is 16.8 Å². The summed E-state index contributed by atoms with van der Waals surface area (Å²) in [4.78, 5) is 0. The molecule has 4 heteroatoms. The Morgan fingerprint density at radius 3 is 2.67 bits per heavy atom. The summed E-state index contributed by atoms with van der Waals surface area (Å²) < 4.78 is 3.00. The van der Waals surface area contributed by atoms with Crippen molar-refractivity contribution >= 4 is 15.9 Å². The van der Waals surface area contributed by atoms with Crippen LogP contribution in [0.3, 0.4) is 0 Å². The lowest BCUT2D eigenvalue weighted by Crippen LogP contribution is -2.10. The number of rotatable bonds is 3. The third kappa shape index (κ3) is 2.35. The summed E-state index contributed by atoms with van der Waals surface area (Å²) in [7, 11) is 3.92. The van der Waals surface area contributed by atoms with E-state index in [0.717, 1.165) is 22.4 Å². The number of hydrogen-bond donors (Lipinski definition) is 1. The fraction of sp³-hybridized carbons (Fsp3) is 0.357. The summed E-state index contributed by atoms with van der Waals surface area (Å²) in [5.41, 5.74) is 5.89. The maximum absolute atomic E-state index is 4.62. The summed E-state index contributed by atoms with van der Waals surface area (Å²) in [6.07, 6.45) is 0. The van der Waals surface area contributed by atoms with Gasteiger partial charge in [0.1, 0.15) is 5.69 Å². The molecule has 0 amide bonds. The van der Waals surface area contributed by atoms with Crippen LogP contribution in [-0.2, 0) is 13.6 Å². The van der Waals surface area contributed by atoms with Crippen LogP contribution in [0.1, 0.15) is 16.8 Å². The molecule has 0 spiro atoms. The second-order valence-electron chi connectivity index (χ2n) is 4.58. The van der Waals surface area contributed by atoms with Gasteiger partial charge in [0, 0.05) is 19.2 Å². The van der Waals surface area contributed by atoms with E-state index in [1.807, 2.05) is 18.8 Å². The van der Waals surface area contributed by atoms with Crippen LogP contribution < -0.4 is 5.32 Å². The molecule has 0 aliphatic rings. The standard InChI is InChI=1S/C14H18BrN3/c1-9-5-6-11(10(2)7-9)14-13(15)12(8-16-3)18(4)17-14/h5-7,16H,8H2,1-4H3. The highest BCUT2D eigenvalue weighted by molar-refractivity contribution is 9.10. The average Bonchev–Trinajstić information content (AvgIpc) is 2.58. The molecule has 18 heavy (non-hydrogen) atoms. The van der Waals surface area contributed by atoms with E-state index in [4.69, 9.17) is 0 Å². The Morgan fingerprint density at radius 1 is 1.33 bits per heavy atom. The lowest BCUT2D eigenvalue weighted by atomic mass is 10.0. The van der Waals surface area contributed by atoms with E-state index < -0.39 is 0 Å². The first-order valence-corrected chi connectivity index (χ1v) is 6.77. The van der Waals surface area contributed by atoms with Gasteiger partial charge in [0.15, 0.2) is 0 Å². The average molecular weight is 308 g/mol. The predicted octanol–water partition coefficient (Wildman–Crippen LogP) is 3.19. The van der Waals surface area contributed by atoms with Crippen molar-refractivity contribution in [1.29, 1.82) is 0 Å². The molecule has 0 aliphatic carbocycles. The molecule has 0 unspecified atom stereocenters.